The summed E-state index contributed by atoms with van der Waals surface area (Å²) < 4.78 is 5.10. The quantitative estimate of drug-likeness (QED) is 0.368. The van der Waals surface area contributed by atoms with Gasteiger partial charge in [-0.1, -0.05) is 12.2 Å². The van der Waals surface area contributed by atoms with E-state index < -0.39 is 0 Å². The van der Waals surface area contributed by atoms with Crippen LogP contribution in [0.3, 0.4) is 0 Å². The smallest absolute Gasteiger partial charge is 0.258 e. The third kappa shape index (κ3) is 4.59. The van der Waals surface area contributed by atoms with E-state index in [0.717, 1.165) is 18.6 Å². The van der Waals surface area contributed by atoms with Crippen molar-refractivity contribution in [3.8, 4) is 0 Å². The zero-order chi connectivity index (χ0) is 10.9. The average molecular weight is 203 g/mol. The van der Waals surface area contributed by atoms with Gasteiger partial charge in [-0.15, -0.1) is 6.58 Å². The molecule has 15 heavy (non-hydrogen) atoms. The van der Waals surface area contributed by atoms with E-state index in [1.165, 1.54) is 18.4 Å². The Balaban J connectivity index is 2.30. The summed E-state index contributed by atoms with van der Waals surface area (Å²) in [5.41, 5.74) is 1.27. The zero-order valence-electron chi connectivity index (χ0n) is 9.41. The van der Waals surface area contributed by atoms with E-state index in [1.54, 1.807) is 7.11 Å². The Morgan fingerprint density at radius 3 is 2.40 bits per heavy atom. The van der Waals surface area contributed by atoms with Gasteiger partial charge in [-0.3, -0.25) is 4.42 Å². The molecule has 0 N–H and O–H groups in total. The number of ketones is 1. The number of unbranched alkanes of at least 4 members (excludes halogenated alkanes) is 3. The Morgan fingerprint density at radius 1 is 1.13 bits per heavy atom. The van der Waals surface area contributed by atoms with E-state index in [1.807, 2.05) is 18.2 Å². The van der Waals surface area contributed by atoms with E-state index in [4.69, 9.17) is 4.42 Å². The highest BCUT2D eigenvalue weighted by Gasteiger charge is 2.04. The standard InChI is InChI=1S/C14H19O/c1-3-4-5-6-7-8-13-9-11-14(15-2)12-10-13/h3,8-12H,1,4-7H2,2H3/q+1. The van der Waals surface area contributed by atoms with Crippen molar-refractivity contribution in [2.45, 2.75) is 25.7 Å². The van der Waals surface area contributed by atoms with Crippen molar-refractivity contribution in [3.63, 3.8) is 0 Å². The molecule has 80 valence electrons. The largest absolute Gasteiger partial charge is 0.343 e. The van der Waals surface area contributed by atoms with Crippen LogP contribution in [0.1, 0.15) is 25.7 Å². The van der Waals surface area contributed by atoms with Gasteiger partial charge in [0, 0.05) is 12.2 Å². The van der Waals surface area contributed by atoms with Gasteiger partial charge in [-0.25, -0.2) is 0 Å². The molecule has 0 bridgehead atoms. The second kappa shape index (κ2) is 6.99. The predicted molar refractivity (Wildman–Crippen MR) is 66.0 cm³/mol. The lowest BCUT2D eigenvalue weighted by molar-refractivity contribution is -0.417. The highest BCUT2D eigenvalue weighted by Crippen LogP contribution is 2.09. The highest BCUT2D eigenvalue weighted by molar-refractivity contribution is 6.01. The SMILES string of the molecule is C=CCCCCC=C1C=CC(=[O+]C)C=C1. The molecule has 0 radical (unpaired) electrons. The van der Waals surface area contributed by atoms with E-state index in [-0.39, 0.29) is 0 Å². The fraction of sp³-hybridized carbons (Fsp3) is 0.357. The molecule has 1 rings (SSSR count). The molecule has 0 aromatic carbocycles. The average Bonchev–Trinajstić information content (AvgIpc) is 2.30. The summed E-state index contributed by atoms with van der Waals surface area (Å²) in [5.74, 6) is 0.916. The topological polar surface area (TPSA) is 11.3 Å². The molecule has 0 unspecified atom stereocenters. The maximum absolute atomic E-state index is 5.10. The first-order chi connectivity index (χ1) is 7.36. The zero-order valence-corrected chi connectivity index (χ0v) is 9.41. The van der Waals surface area contributed by atoms with Crippen molar-refractivity contribution in [3.05, 3.63) is 48.6 Å². The molecule has 0 saturated heterocycles. The van der Waals surface area contributed by atoms with Gasteiger partial charge in [0.25, 0.3) is 7.11 Å². The number of hydrogen-bond donors (Lipinski definition) is 0. The van der Waals surface area contributed by atoms with Gasteiger partial charge >= 0.3 is 5.78 Å². The molecule has 0 fully saturated rings. The first-order valence-corrected chi connectivity index (χ1v) is 5.45. The fourth-order valence-electron chi connectivity index (χ4n) is 1.44. The second-order valence-corrected chi connectivity index (χ2v) is 3.55. The van der Waals surface area contributed by atoms with Gasteiger partial charge in [-0.2, -0.15) is 0 Å². The summed E-state index contributed by atoms with van der Waals surface area (Å²) in [6, 6.07) is 0. The molecule has 1 aliphatic rings. The Morgan fingerprint density at radius 2 is 1.80 bits per heavy atom. The number of rotatable bonds is 5. The van der Waals surface area contributed by atoms with Gasteiger partial charge in [0.1, 0.15) is 0 Å². The van der Waals surface area contributed by atoms with Gasteiger partial charge in [0.2, 0.25) is 0 Å². The van der Waals surface area contributed by atoms with Crippen molar-refractivity contribution < 1.29 is 4.42 Å². The summed E-state index contributed by atoms with van der Waals surface area (Å²) in [4.78, 5) is 0. The first-order valence-electron chi connectivity index (χ1n) is 5.45. The lowest BCUT2D eigenvalue weighted by atomic mass is 10.1. The summed E-state index contributed by atoms with van der Waals surface area (Å²) >= 11 is 0. The Hall–Kier alpha value is -1.37. The minimum absolute atomic E-state index is 0.916. The lowest BCUT2D eigenvalue weighted by Crippen LogP contribution is -1.95. The second-order valence-electron chi connectivity index (χ2n) is 3.55. The van der Waals surface area contributed by atoms with Crippen LogP contribution in [0.2, 0.25) is 0 Å². The van der Waals surface area contributed by atoms with E-state index in [0.29, 0.717) is 0 Å². The third-order valence-electron chi connectivity index (χ3n) is 2.36. The summed E-state index contributed by atoms with van der Waals surface area (Å²) in [6.07, 6.45) is 17.1. The summed E-state index contributed by atoms with van der Waals surface area (Å²) in [7, 11) is 1.69. The number of allylic oxidation sites excluding steroid dienone is 7. The maximum atomic E-state index is 5.10. The first kappa shape index (κ1) is 11.7. The third-order valence-corrected chi connectivity index (χ3v) is 2.36. The molecule has 0 aromatic rings. The highest BCUT2D eigenvalue weighted by atomic mass is 16.4. The van der Waals surface area contributed by atoms with Crippen LogP contribution in [-0.2, 0) is 4.42 Å². The van der Waals surface area contributed by atoms with Gasteiger partial charge in [0.05, 0.1) is 0 Å². The number of hydrogen-bond acceptors (Lipinski definition) is 0. The Labute approximate surface area is 92.2 Å². The predicted octanol–water partition coefficient (Wildman–Crippen LogP) is 3.52. The number of carbonyl (C=O) groups excluding carboxylic acids is 1. The van der Waals surface area contributed by atoms with Crippen LogP contribution in [0.15, 0.2) is 48.6 Å². The minimum atomic E-state index is 0.916. The van der Waals surface area contributed by atoms with E-state index in [9.17, 15) is 0 Å². The summed E-state index contributed by atoms with van der Waals surface area (Å²) in [6.45, 7) is 3.71. The lowest BCUT2D eigenvalue weighted by Gasteiger charge is -1.98. The molecule has 0 aromatic heterocycles. The monoisotopic (exact) mass is 203 g/mol. The van der Waals surface area contributed by atoms with Crippen LogP contribution in [0.25, 0.3) is 0 Å². The van der Waals surface area contributed by atoms with Crippen LogP contribution in [0.5, 0.6) is 0 Å². The van der Waals surface area contributed by atoms with Crippen molar-refractivity contribution in [2.75, 3.05) is 7.11 Å². The molecule has 0 aliphatic heterocycles. The normalized spacial score (nSPS) is 14.2. The Kier molecular flexibility index (Phi) is 5.46. The van der Waals surface area contributed by atoms with Gasteiger partial charge in [0.15, 0.2) is 0 Å². The molecule has 1 aliphatic carbocycles. The van der Waals surface area contributed by atoms with E-state index in [2.05, 4.69) is 24.8 Å². The van der Waals surface area contributed by atoms with Crippen molar-refractivity contribution in [1.82, 2.24) is 0 Å². The van der Waals surface area contributed by atoms with Crippen LogP contribution >= 0.6 is 0 Å². The fourth-order valence-corrected chi connectivity index (χ4v) is 1.44. The van der Waals surface area contributed by atoms with Crippen molar-refractivity contribution in [1.29, 1.82) is 0 Å². The van der Waals surface area contributed by atoms with Crippen LogP contribution in [-0.4, -0.2) is 12.9 Å². The molecule has 0 heterocycles. The van der Waals surface area contributed by atoms with Gasteiger partial charge < -0.3 is 0 Å². The maximum Gasteiger partial charge on any atom is 0.343 e. The molecule has 0 atom stereocenters. The van der Waals surface area contributed by atoms with Crippen LogP contribution < -0.4 is 0 Å². The molecule has 1 heteroatoms. The molecule has 0 amide bonds. The molecule has 0 spiro atoms. The summed E-state index contributed by atoms with van der Waals surface area (Å²) in [5, 5.41) is 0. The van der Waals surface area contributed by atoms with Crippen LogP contribution in [0.4, 0.5) is 0 Å². The molecular weight excluding hydrogens is 184 g/mol. The molecular formula is C14H19O+. The van der Waals surface area contributed by atoms with E-state index >= 15 is 0 Å². The molecule has 0 saturated carbocycles. The Bertz CT molecular complexity index is 298. The van der Waals surface area contributed by atoms with Gasteiger partial charge in [-0.05, 0) is 43.4 Å². The molecule has 1 nitrogen and oxygen atoms in total. The van der Waals surface area contributed by atoms with Crippen molar-refractivity contribution in [2.24, 2.45) is 0 Å². The van der Waals surface area contributed by atoms with Crippen molar-refractivity contribution >= 4 is 5.78 Å². The van der Waals surface area contributed by atoms with Crippen LogP contribution in [0, 0.1) is 0 Å². The minimum Gasteiger partial charge on any atom is -0.258 e.